The van der Waals surface area contributed by atoms with Gasteiger partial charge in [-0.15, -0.1) is 0 Å². The molecule has 1 aliphatic heterocycles. The van der Waals surface area contributed by atoms with Gasteiger partial charge in [0.1, 0.15) is 17.2 Å². The quantitative estimate of drug-likeness (QED) is 0.538. The number of rotatable bonds is 2. The van der Waals surface area contributed by atoms with Gasteiger partial charge >= 0.3 is 0 Å². The van der Waals surface area contributed by atoms with E-state index in [1.807, 2.05) is 0 Å². The summed E-state index contributed by atoms with van der Waals surface area (Å²) < 4.78 is 5.85. The maximum Gasteiger partial charge on any atom is 0.296 e. The van der Waals surface area contributed by atoms with E-state index in [-0.39, 0.29) is 22.5 Å². The number of carbonyl (C=O) groups excluding carboxylic acids is 1. The van der Waals surface area contributed by atoms with Crippen molar-refractivity contribution in [2.45, 2.75) is 6.04 Å². The average molecular weight is 405 g/mol. The molecule has 0 spiro atoms. The lowest BCUT2D eigenvalue weighted by molar-refractivity contribution is 0.0970. The Morgan fingerprint density at radius 1 is 1.00 bits per heavy atom. The van der Waals surface area contributed by atoms with E-state index in [0.29, 0.717) is 27.4 Å². The fourth-order valence-electron chi connectivity index (χ4n) is 3.64. The molecule has 1 aliphatic rings. The normalized spacial score (nSPS) is 15.7. The van der Waals surface area contributed by atoms with Gasteiger partial charge in [-0.1, -0.05) is 35.9 Å². The van der Waals surface area contributed by atoms with Crippen molar-refractivity contribution in [3.05, 3.63) is 99.0 Å². The standard InChI is InChI=1S/C22H13ClN2O4/c23-13-7-10-17(24-11-13)25-19(12-5-8-14(26)9-6-12)18-20(27)15-3-1-2-4-16(15)29-21(18)22(25)28/h1-11,19,26H/t19-/m1/s1. The molecule has 0 bridgehead atoms. The van der Waals surface area contributed by atoms with Gasteiger partial charge in [0.15, 0.2) is 5.43 Å². The third kappa shape index (κ3) is 2.68. The molecule has 29 heavy (non-hydrogen) atoms. The number of hydrogen-bond donors (Lipinski definition) is 1. The second-order valence-corrected chi connectivity index (χ2v) is 7.11. The molecule has 0 fully saturated rings. The van der Waals surface area contributed by atoms with Crippen molar-refractivity contribution in [2.24, 2.45) is 0 Å². The number of pyridine rings is 1. The Bertz CT molecular complexity index is 1310. The highest BCUT2D eigenvalue weighted by atomic mass is 35.5. The highest BCUT2D eigenvalue weighted by Gasteiger charge is 2.44. The SMILES string of the molecule is O=C1c2oc3ccccc3c(=O)c2[C@@H](c2ccc(O)cc2)N1c1ccc(Cl)cn1. The van der Waals surface area contributed by atoms with Crippen LogP contribution in [0.5, 0.6) is 5.75 Å². The zero-order chi connectivity index (χ0) is 20.1. The summed E-state index contributed by atoms with van der Waals surface area (Å²) >= 11 is 5.95. The van der Waals surface area contributed by atoms with Crippen molar-refractivity contribution >= 4 is 34.3 Å². The maximum absolute atomic E-state index is 13.3. The van der Waals surface area contributed by atoms with E-state index in [1.165, 1.54) is 23.2 Å². The maximum atomic E-state index is 13.3. The van der Waals surface area contributed by atoms with Gasteiger partial charge in [0.05, 0.1) is 22.0 Å². The first-order chi connectivity index (χ1) is 14.0. The molecule has 4 aromatic rings. The molecule has 1 N–H and O–H groups in total. The minimum Gasteiger partial charge on any atom is -0.508 e. The lowest BCUT2D eigenvalue weighted by atomic mass is 9.98. The fraction of sp³-hybridized carbons (Fsp3) is 0.0455. The molecule has 2 aromatic carbocycles. The fourth-order valence-corrected chi connectivity index (χ4v) is 3.75. The summed E-state index contributed by atoms with van der Waals surface area (Å²) in [7, 11) is 0. The van der Waals surface area contributed by atoms with Crippen molar-refractivity contribution < 1.29 is 14.3 Å². The molecular formula is C22H13ClN2O4. The molecule has 142 valence electrons. The number of phenols is 1. The van der Waals surface area contributed by atoms with Crippen LogP contribution in [0.25, 0.3) is 11.0 Å². The molecule has 0 saturated heterocycles. The van der Waals surface area contributed by atoms with Crippen LogP contribution in [0, 0.1) is 0 Å². The van der Waals surface area contributed by atoms with Crippen LogP contribution in [0.3, 0.4) is 0 Å². The Balaban J connectivity index is 1.81. The number of aromatic hydroxyl groups is 1. The summed E-state index contributed by atoms with van der Waals surface area (Å²) in [5.41, 5.74) is 0.968. The first-order valence-electron chi connectivity index (χ1n) is 8.84. The third-order valence-corrected chi connectivity index (χ3v) is 5.17. The molecule has 5 rings (SSSR count). The van der Waals surface area contributed by atoms with Gasteiger partial charge in [-0.3, -0.25) is 14.5 Å². The monoisotopic (exact) mass is 404 g/mol. The number of benzene rings is 2. The van der Waals surface area contributed by atoms with E-state index in [0.717, 1.165) is 0 Å². The topological polar surface area (TPSA) is 83.6 Å². The van der Waals surface area contributed by atoms with E-state index in [2.05, 4.69) is 4.98 Å². The number of fused-ring (bicyclic) bond motifs is 2. The number of nitrogens with zero attached hydrogens (tertiary/aromatic N) is 2. The number of aromatic nitrogens is 1. The Hall–Kier alpha value is -3.64. The van der Waals surface area contributed by atoms with Gasteiger partial charge in [0.2, 0.25) is 5.76 Å². The first-order valence-corrected chi connectivity index (χ1v) is 9.22. The van der Waals surface area contributed by atoms with Crippen LogP contribution in [0.1, 0.15) is 27.7 Å². The summed E-state index contributed by atoms with van der Waals surface area (Å²) in [5, 5.41) is 10.5. The molecule has 0 radical (unpaired) electrons. The van der Waals surface area contributed by atoms with Crippen LogP contribution < -0.4 is 10.3 Å². The van der Waals surface area contributed by atoms with Crippen LogP contribution in [0.4, 0.5) is 5.82 Å². The molecule has 6 nitrogen and oxygen atoms in total. The highest BCUT2D eigenvalue weighted by molar-refractivity contribution is 6.30. The predicted molar refractivity (Wildman–Crippen MR) is 108 cm³/mol. The minimum absolute atomic E-state index is 0.0106. The number of anilines is 1. The smallest absolute Gasteiger partial charge is 0.296 e. The molecule has 0 saturated carbocycles. The third-order valence-electron chi connectivity index (χ3n) is 4.95. The number of para-hydroxylation sites is 1. The summed E-state index contributed by atoms with van der Waals surface area (Å²) in [6.07, 6.45) is 1.44. The summed E-state index contributed by atoms with van der Waals surface area (Å²) in [4.78, 5) is 32.3. The zero-order valence-electron chi connectivity index (χ0n) is 14.9. The molecule has 3 heterocycles. The molecule has 0 unspecified atom stereocenters. The van der Waals surface area contributed by atoms with Crippen LogP contribution in [-0.2, 0) is 0 Å². The lowest BCUT2D eigenvalue weighted by Crippen LogP contribution is -2.30. The number of phenolic OH excluding ortho intramolecular Hbond substituents is 1. The molecule has 0 aliphatic carbocycles. The summed E-state index contributed by atoms with van der Waals surface area (Å²) in [6, 6.07) is 15.7. The number of hydrogen-bond acceptors (Lipinski definition) is 5. The summed E-state index contributed by atoms with van der Waals surface area (Å²) in [5.74, 6) is -0.0494. The molecule has 2 aromatic heterocycles. The highest BCUT2D eigenvalue weighted by Crippen LogP contribution is 2.40. The molecule has 7 heteroatoms. The average Bonchev–Trinajstić information content (AvgIpc) is 3.02. The Morgan fingerprint density at radius 2 is 1.76 bits per heavy atom. The Kier molecular flexibility index (Phi) is 3.89. The second kappa shape index (κ2) is 6.46. The van der Waals surface area contributed by atoms with Gasteiger partial charge in [-0.2, -0.15) is 0 Å². The Labute approximate surface area is 169 Å². The van der Waals surface area contributed by atoms with Crippen LogP contribution >= 0.6 is 11.6 Å². The molecule has 1 atom stereocenters. The zero-order valence-corrected chi connectivity index (χ0v) is 15.6. The minimum atomic E-state index is -0.743. The van der Waals surface area contributed by atoms with Crippen molar-refractivity contribution in [1.82, 2.24) is 4.98 Å². The van der Waals surface area contributed by atoms with Gasteiger partial charge in [0, 0.05) is 6.20 Å². The Morgan fingerprint density at radius 3 is 2.48 bits per heavy atom. The first kappa shape index (κ1) is 17.5. The molecule has 1 amide bonds. The van der Waals surface area contributed by atoms with Gasteiger partial charge in [-0.25, -0.2) is 4.98 Å². The van der Waals surface area contributed by atoms with Crippen LogP contribution in [0.15, 0.2) is 76.1 Å². The number of halogens is 1. The van der Waals surface area contributed by atoms with Gasteiger partial charge in [-0.05, 0) is 42.0 Å². The lowest BCUT2D eigenvalue weighted by Gasteiger charge is -2.24. The van der Waals surface area contributed by atoms with Crippen LogP contribution in [-0.4, -0.2) is 16.0 Å². The number of carbonyl (C=O) groups is 1. The van der Waals surface area contributed by atoms with E-state index >= 15 is 0 Å². The predicted octanol–water partition coefficient (Wildman–Crippen LogP) is 4.30. The van der Waals surface area contributed by atoms with E-state index in [1.54, 1.807) is 48.5 Å². The van der Waals surface area contributed by atoms with Crippen molar-refractivity contribution in [1.29, 1.82) is 0 Å². The van der Waals surface area contributed by atoms with Crippen molar-refractivity contribution in [3.8, 4) is 5.75 Å². The van der Waals surface area contributed by atoms with E-state index < -0.39 is 11.9 Å². The van der Waals surface area contributed by atoms with Crippen molar-refractivity contribution in [2.75, 3.05) is 4.90 Å². The van der Waals surface area contributed by atoms with Gasteiger partial charge < -0.3 is 9.52 Å². The van der Waals surface area contributed by atoms with E-state index in [9.17, 15) is 14.7 Å². The largest absolute Gasteiger partial charge is 0.508 e. The van der Waals surface area contributed by atoms with Crippen molar-refractivity contribution in [3.63, 3.8) is 0 Å². The van der Waals surface area contributed by atoms with Gasteiger partial charge in [0.25, 0.3) is 5.91 Å². The van der Waals surface area contributed by atoms with E-state index in [4.69, 9.17) is 16.0 Å². The molecular weight excluding hydrogens is 392 g/mol. The second-order valence-electron chi connectivity index (χ2n) is 6.67. The van der Waals surface area contributed by atoms with Crippen LogP contribution in [0.2, 0.25) is 5.02 Å². The summed E-state index contributed by atoms with van der Waals surface area (Å²) in [6.45, 7) is 0. The number of amides is 1.